The van der Waals surface area contributed by atoms with E-state index < -0.39 is 23.5 Å². The number of ether oxygens (including phenoxy) is 1. The number of halogens is 2. The van der Waals surface area contributed by atoms with Crippen molar-refractivity contribution < 1.29 is 19.4 Å². The van der Waals surface area contributed by atoms with Gasteiger partial charge >= 0.3 is 0 Å². The fourth-order valence-corrected chi connectivity index (χ4v) is 3.85. The summed E-state index contributed by atoms with van der Waals surface area (Å²) in [5.41, 5.74) is -0.709. The summed E-state index contributed by atoms with van der Waals surface area (Å²) in [5, 5.41) is 10.3. The molecule has 0 radical (unpaired) electrons. The van der Waals surface area contributed by atoms with Crippen LogP contribution >= 0.6 is 23.2 Å². The summed E-state index contributed by atoms with van der Waals surface area (Å²) in [6, 6.07) is 4.61. The van der Waals surface area contributed by atoms with Crippen molar-refractivity contribution in [1.82, 2.24) is 0 Å². The highest BCUT2D eigenvalue weighted by Crippen LogP contribution is 2.52. The lowest BCUT2D eigenvalue weighted by Gasteiger charge is -2.26. The van der Waals surface area contributed by atoms with Crippen molar-refractivity contribution in [3.05, 3.63) is 40.4 Å². The van der Waals surface area contributed by atoms with Crippen LogP contribution in [0.3, 0.4) is 0 Å². The van der Waals surface area contributed by atoms with Gasteiger partial charge in [-0.3, -0.25) is 9.59 Å². The lowest BCUT2D eigenvalue weighted by atomic mass is 9.77. The molecular weight excluding hydrogens is 329 g/mol. The van der Waals surface area contributed by atoms with Crippen LogP contribution in [-0.4, -0.2) is 35.2 Å². The van der Waals surface area contributed by atoms with E-state index in [4.69, 9.17) is 27.9 Å². The van der Waals surface area contributed by atoms with Crippen LogP contribution in [0, 0.1) is 11.8 Å². The minimum Gasteiger partial charge on any atom is -0.393 e. The van der Waals surface area contributed by atoms with Crippen LogP contribution in [0.15, 0.2) is 30.4 Å². The van der Waals surface area contributed by atoms with Gasteiger partial charge in [0.2, 0.25) is 11.8 Å². The van der Waals surface area contributed by atoms with Crippen molar-refractivity contribution in [1.29, 1.82) is 0 Å². The van der Waals surface area contributed by atoms with E-state index in [0.717, 1.165) is 4.90 Å². The molecule has 7 heteroatoms. The number of aliphatic hydroxyl groups is 1. The summed E-state index contributed by atoms with van der Waals surface area (Å²) in [6.07, 6.45) is 2.95. The number of carbonyl (C=O) groups is 2. The van der Waals surface area contributed by atoms with Gasteiger partial charge in [-0.15, -0.1) is 0 Å². The lowest BCUT2D eigenvalue weighted by molar-refractivity contribution is -0.128. The number of hydrogen-bond donors (Lipinski definition) is 1. The van der Waals surface area contributed by atoms with E-state index in [2.05, 4.69) is 0 Å². The van der Waals surface area contributed by atoms with Gasteiger partial charge in [0.15, 0.2) is 0 Å². The Hall–Kier alpha value is -1.40. The fourth-order valence-electron chi connectivity index (χ4n) is 3.56. The van der Waals surface area contributed by atoms with Gasteiger partial charge in [-0.25, -0.2) is 4.90 Å². The zero-order chi connectivity index (χ0) is 15.6. The van der Waals surface area contributed by atoms with E-state index >= 15 is 0 Å². The molecule has 2 bridgehead atoms. The molecule has 4 rings (SSSR count). The number of fused-ring (bicyclic) bond motifs is 5. The Morgan fingerprint density at radius 2 is 2.00 bits per heavy atom. The number of imide groups is 1. The molecular formula is C15H11Cl2NO4. The summed E-state index contributed by atoms with van der Waals surface area (Å²) in [7, 11) is 0. The van der Waals surface area contributed by atoms with Gasteiger partial charge in [-0.2, -0.15) is 0 Å². The van der Waals surface area contributed by atoms with Crippen molar-refractivity contribution in [3.63, 3.8) is 0 Å². The second-order valence-electron chi connectivity index (χ2n) is 5.67. The van der Waals surface area contributed by atoms with Crippen molar-refractivity contribution in [3.8, 4) is 0 Å². The zero-order valence-electron chi connectivity index (χ0n) is 11.2. The molecule has 2 saturated heterocycles. The summed E-state index contributed by atoms with van der Waals surface area (Å²) in [4.78, 5) is 26.5. The van der Waals surface area contributed by atoms with Gasteiger partial charge in [0, 0.05) is 0 Å². The maximum Gasteiger partial charge on any atom is 0.241 e. The van der Waals surface area contributed by atoms with Gasteiger partial charge in [0.25, 0.3) is 0 Å². The van der Waals surface area contributed by atoms with Crippen LogP contribution in [0.2, 0.25) is 10.0 Å². The maximum absolute atomic E-state index is 12.8. The first-order valence-corrected chi connectivity index (χ1v) is 7.55. The third-order valence-corrected chi connectivity index (χ3v) is 5.30. The Kier molecular flexibility index (Phi) is 2.94. The van der Waals surface area contributed by atoms with Crippen molar-refractivity contribution in [2.75, 3.05) is 11.5 Å². The number of aliphatic hydroxyl groups excluding tert-OH is 1. The molecule has 0 spiro atoms. The second-order valence-corrected chi connectivity index (χ2v) is 6.48. The molecule has 2 fully saturated rings. The Balaban J connectivity index is 1.77. The van der Waals surface area contributed by atoms with Gasteiger partial charge < -0.3 is 9.84 Å². The highest BCUT2D eigenvalue weighted by atomic mass is 35.5. The number of hydrogen-bond acceptors (Lipinski definition) is 4. The van der Waals surface area contributed by atoms with Gasteiger partial charge in [0.1, 0.15) is 5.60 Å². The third-order valence-electron chi connectivity index (χ3n) is 4.56. The first kappa shape index (κ1) is 14.2. The van der Waals surface area contributed by atoms with E-state index in [1.807, 2.05) is 0 Å². The molecule has 5 nitrogen and oxygen atoms in total. The number of rotatable bonds is 2. The van der Waals surface area contributed by atoms with Gasteiger partial charge in [-0.1, -0.05) is 35.4 Å². The van der Waals surface area contributed by atoms with E-state index in [9.17, 15) is 14.7 Å². The molecule has 1 aromatic rings. The number of nitrogens with zero attached hydrogens (tertiary/aromatic N) is 1. The zero-order valence-corrected chi connectivity index (χ0v) is 12.7. The van der Waals surface area contributed by atoms with Crippen LogP contribution in [0.5, 0.6) is 0 Å². The molecule has 114 valence electrons. The largest absolute Gasteiger partial charge is 0.393 e. The molecule has 2 amide bonds. The van der Waals surface area contributed by atoms with Gasteiger partial charge in [0.05, 0.1) is 40.3 Å². The minimum atomic E-state index is -1.09. The molecule has 3 aliphatic heterocycles. The SMILES string of the molecule is O=C1[C@@H]2[C@@H]3C=C[C@](CO)(O3)[C@@H]2C(=O)N1c1ccc(Cl)c(Cl)c1. The van der Waals surface area contributed by atoms with E-state index in [1.165, 1.54) is 6.07 Å². The molecule has 0 aliphatic carbocycles. The minimum absolute atomic E-state index is 0.269. The molecule has 1 aromatic carbocycles. The molecule has 0 saturated carbocycles. The summed E-state index contributed by atoms with van der Waals surface area (Å²) in [6.45, 7) is -0.338. The maximum atomic E-state index is 12.8. The average Bonchev–Trinajstić information content (AvgIpc) is 3.14. The Bertz CT molecular complexity index is 734. The van der Waals surface area contributed by atoms with Crippen LogP contribution in [0.4, 0.5) is 5.69 Å². The van der Waals surface area contributed by atoms with Crippen LogP contribution in [0.25, 0.3) is 0 Å². The van der Waals surface area contributed by atoms with Crippen molar-refractivity contribution in [2.45, 2.75) is 11.7 Å². The predicted octanol–water partition coefficient (Wildman–Crippen LogP) is 1.80. The van der Waals surface area contributed by atoms with Crippen LogP contribution in [0.1, 0.15) is 0 Å². The van der Waals surface area contributed by atoms with Crippen LogP contribution < -0.4 is 4.90 Å². The second kappa shape index (κ2) is 4.55. The van der Waals surface area contributed by atoms with E-state index in [-0.39, 0.29) is 23.4 Å². The molecule has 0 unspecified atom stereocenters. The highest BCUT2D eigenvalue weighted by Gasteiger charge is 2.67. The fraction of sp³-hybridized carbons (Fsp3) is 0.333. The number of amides is 2. The Morgan fingerprint density at radius 1 is 1.23 bits per heavy atom. The Labute approximate surface area is 136 Å². The highest BCUT2D eigenvalue weighted by molar-refractivity contribution is 6.42. The standard InChI is InChI=1S/C15H11Cl2NO4/c16-8-2-1-7(5-9(8)17)18-13(20)11-10-3-4-15(6-19,22-10)12(11)14(18)21/h1-5,10-12,19H,6H2/t10-,11+,12-,15+/m0/s1. The number of carbonyl (C=O) groups excluding carboxylic acids is 2. The van der Waals surface area contributed by atoms with Crippen molar-refractivity contribution in [2.24, 2.45) is 11.8 Å². The molecule has 22 heavy (non-hydrogen) atoms. The topological polar surface area (TPSA) is 66.8 Å². The van der Waals surface area contributed by atoms with E-state index in [1.54, 1.807) is 24.3 Å². The normalized spacial score (nSPS) is 35.6. The summed E-state index contributed by atoms with van der Waals surface area (Å²) >= 11 is 11.8. The monoisotopic (exact) mass is 339 g/mol. The quantitative estimate of drug-likeness (QED) is 0.659. The smallest absolute Gasteiger partial charge is 0.241 e. The summed E-state index contributed by atoms with van der Waals surface area (Å²) in [5.74, 6) is -2.01. The molecule has 0 aromatic heterocycles. The number of benzene rings is 1. The van der Waals surface area contributed by atoms with Gasteiger partial charge in [-0.05, 0) is 18.2 Å². The molecule has 3 aliphatic rings. The Morgan fingerprint density at radius 3 is 2.68 bits per heavy atom. The van der Waals surface area contributed by atoms with Crippen molar-refractivity contribution >= 4 is 40.7 Å². The average molecular weight is 340 g/mol. The molecule has 4 atom stereocenters. The first-order valence-electron chi connectivity index (χ1n) is 6.79. The van der Waals surface area contributed by atoms with E-state index in [0.29, 0.717) is 10.7 Å². The lowest BCUT2D eigenvalue weighted by Crippen LogP contribution is -2.43. The summed E-state index contributed by atoms with van der Waals surface area (Å²) < 4.78 is 5.67. The van der Waals surface area contributed by atoms with Crippen LogP contribution in [-0.2, 0) is 14.3 Å². The third kappa shape index (κ3) is 1.62. The number of anilines is 1. The predicted molar refractivity (Wildman–Crippen MR) is 79.8 cm³/mol. The molecule has 1 N–H and O–H groups in total. The first-order chi connectivity index (χ1) is 10.5. The molecule has 3 heterocycles.